The number of piperidine rings is 1. The molecule has 2 aliphatic heterocycles. The number of likely N-dealkylation sites (tertiary alicyclic amines) is 1. The number of hydrogen-bond donors (Lipinski definition) is 1. The van der Waals surface area contributed by atoms with Crippen LogP contribution in [0.15, 0.2) is 52.3 Å². The SMILES string of the molecule is CC(O)OC1CCN(CCCN2c3ccccc3Sc3ccc(Cl)cc32)CC1.Cl. The van der Waals surface area contributed by atoms with Gasteiger partial charge in [0.2, 0.25) is 0 Å². The summed E-state index contributed by atoms with van der Waals surface area (Å²) >= 11 is 8.12. The van der Waals surface area contributed by atoms with Gasteiger partial charge in [-0.05, 0) is 63.1 Å². The molecule has 0 saturated carbocycles. The van der Waals surface area contributed by atoms with Crippen LogP contribution in [0.3, 0.4) is 0 Å². The van der Waals surface area contributed by atoms with Crippen LogP contribution in [0.2, 0.25) is 5.02 Å². The molecule has 0 radical (unpaired) electrons. The van der Waals surface area contributed by atoms with Crippen LogP contribution in [0.4, 0.5) is 11.4 Å². The van der Waals surface area contributed by atoms with Crippen molar-refractivity contribution in [3.8, 4) is 0 Å². The molecule has 1 N–H and O–H groups in total. The van der Waals surface area contributed by atoms with E-state index in [2.05, 4.69) is 46.2 Å². The first kappa shape index (κ1) is 22.7. The van der Waals surface area contributed by atoms with Gasteiger partial charge in [0.1, 0.15) is 0 Å². The van der Waals surface area contributed by atoms with E-state index < -0.39 is 6.29 Å². The van der Waals surface area contributed by atoms with Gasteiger partial charge in [-0.2, -0.15) is 0 Å². The fourth-order valence-corrected chi connectivity index (χ4v) is 5.29. The zero-order chi connectivity index (χ0) is 19.5. The molecule has 2 aromatic carbocycles. The van der Waals surface area contributed by atoms with E-state index in [-0.39, 0.29) is 18.5 Å². The van der Waals surface area contributed by atoms with Crippen molar-refractivity contribution in [1.82, 2.24) is 4.90 Å². The van der Waals surface area contributed by atoms with E-state index in [9.17, 15) is 5.11 Å². The minimum Gasteiger partial charge on any atom is -0.368 e. The summed E-state index contributed by atoms with van der Waals surface area (Å²) in [5, 5.41) is 10.2. The van der Waals surface area contributed by atoms with Crippen LogP contribution in [0.1, 0.15) is 26.2 Å². The molecule has 2 aromatic rings. The van der Waals surface area contributed by atoms with Crippen molar-refractivity contribution in [2.75, 3.05) is 31.1 Å². The fraction of sp³-hybridized carbons (Fsp3) is 0.455. The first-order chi connectivity index (χ1) is 13.6. The predicted octanol–water partition coefficient (Wildman–Crippen LogP) is 5.57. The van der Waals surface area contributed by atoms with Crippen LogP contribution in [-0.2, 0) is 4.74 Å². The summed E-state index contributed by atoms with van der Waals surface area (Å²) in [6, 6.07) is 14.8. The lowest BCUT2D eigenvalue weighted by atomic mass is 10.1. The molecular formula is C22H28Cl2N2O2S. The Morgan fingerprint density at radius 1 is 1.10 bits per heavy atom. The van der Waals surface area contributed by atoms with Crippen molar-refractivity contribution in [2.24, 2.45) is 0 Å². The van der Waals surface area contributed by atoms with Gasteiger partial charge in [0.15, 0.2) is 6.29 Å². The van der Waals surface area contributed by atoms with Crippen LogP contribution in [0, 0.1) is 0 Å². The summed E-state index contributed by atoms with van der Waals surface area (Å²) in [5.74, 6) is 0. The van der Waals surface area contributed by atoms with Crippen LogP contribution in [0.5, 0.6) is 0 Å². The summed E-state index contributed by atoms with van der Waals surface area (Å²) in [5.41, 5.74) is 2.48. The number of anilines is 2. The number of para-hydroxylation sites is 1. The number of ether oxygens (including phenoxy) is 1. The number of aliphatic hydroxyl groups is 1. The van der Waals surface area contributed by atoms with Crippen molar-refractivity contribution >= 4 is 47.1 Å². The first-order valence-electron chi connectivity index (χ1n) is 10.00. The first-order valence-corrected chi connectivity index (χ1v) is 11.2. The number of aliphatic hydroxyl groups excluding tert-OH is 1. The predicted molar refractivity (Wildman–Crippen MR) is 123 cm³/mol. The van der Waals surface area contributed by atoms with Crippen molar-refractivity contribution in [3.05, 3.63) is 47.5 Å². The van der Waals surface area contributed by atoms with E-state index in [0.29, 0.717) is 0 Å². The summed E-state index contributed by atoms with van der Waals surface area (Å²) < 4.78 is 5.53. The molecule has 0 aliphatic carbocycles. The minimum absolute atomic E-state index is 0. The lowest BCUT2D eigenvalue weighted by Gasteiger charge is -2.35. The van der Waals surface area contributed by atoms with Gasteiger partial charge in [0.05, 0.1) is 17.5 Å². The maximum atomic E-state index is 9.38. The Morgan fingerprint density at radius 2 is 1.83 bits per heavy atom. The Kier molecular flexibility index (Phi) is 8.14. The number of fused-ring (bicyclic) bond motifs is 2. The average Bonchev–Trinajstić information content (AvgIpc) is 2.68. The van der Waals surface area contributed by atoms with Crippen molar-refractivity contribution in [3.63, 3.8) is 0 Å². The van der Waals surface area contributed by atoms with Crippen molar-refractivity contribution in [2.45, 2.75) is 48.4 Å². The highest BCUT2D eigenvalue weighted by atomic mass is 35.5. The standard InChI is InChI=1S/C22H27ClN2O2S.ClH/c1-16(26)27-18-9-13-24(14-10-18)11-4-12-25-19-5-2-3-6-21(19)28-22-8-7-17(23)15-20(22)25;/h2-3,5-8,15-16,18,26H,4,9-14H2,1H3;1H. The molecule has 158 valence electrons. The molecule has 1 fully saturated rings. The van der Waals surface area contributed by atoms with Gasteiger partial charge in [-0.1, -0.05) is 35.5 Å². The molecule has 0 spiro atoms. The van der Waals surface area contributed by atoms with E-state index in [1.165, 1.54) is 21.2 Å². The van der Waals surface area contributed by atoms with Gasteiger partial charge in [-0.25, -0.2) is 0 Å². The highest BCUT2D eigenvalue weighted by Gasteiger charge is 2.24. The van der Waals surface area contributed by atoms with Gasteiger partial charge in [-0.3, -0.25) is 0 Å². The molecule has 2 aliphatic rings. The van der Waals surface area contributed by atoms with Crippen molar-refractivity contribution in [1.29, 1.82) is 0 Å². The highest BCUT2D eigenvalue weighted by molar-refractivity contribution is 7.99. The second kappa shape index (κ2) is 10.4. The summed E-state index contributed by atoms with van der Waals surface area (Å²) in [6.45, 7) is 5.79. The monoisotopic (exact) mass is 454 g/mol. The van der Waals surface area contributed by atoms with E-state index in [4.69, 9.17) is 16.3 Å². The molecule has 4 nitrogen and oxygen atoms in total. The molecule has 0 aromatic heterocycles. The minimum atomic E-state index is -0.666. The molecule has 1 unspecified atom stereocenters. The van der Waals surface area contributed by atoms with Gasteiger partial charge in [0, 0.05) is 34.4 Å². The third-order valence-corrected chi connectivity index (χ3v) is 6.73. The van der Waals surface area contributed by atoms with Crippen LogP contribution in [-0.4, -0.2) is 48.6 Å². The number of nitrogens with zero attached hydrogens (tertiary/aromatic N) is 2. The van der Waals surface area contributed by atoms with Gasteiger partial charge >= 0.3 is 0 Å². The molecule has 0 bridgehead atoms. The third kappa shape index (κ3) is 5.60. The molecule has 1 atom stereocenters. The molecule has 4 rings (SSSR count). The molecular weight excluding hydrogens is 427 g/mol. The van der Waals surface area contributed by atoms with Gasteiger partial charge < -0.3 is 19.6 Å². The Balaban J connectivity index is 0.00000240. The second-order valence-electron chi connectivity index (χ2n) is 7.46. The Hall–Kier alpha value is -0.950. The van der Waals surface area contributed by atoms with Crippen LogP contribution in [0.25, 0.3) is 0 Å². The van der Waals surface area contributed by atoms with E-state index >= 15 is 0 Å². The van der Waals surface area contributed by atoms with Crippen LogP contribution >= 0.6 is 35.8 Å². The van der Waals surface area contributed by atoms with E-state index in [0.717, 1.165) is 50.5 Å². The maximum absolute atomic E-state index is 9.38. The number of hydrogen-bond acceptors (Lipinski definition) is 5. The average molecular weight is 455 g/mol. The highest BCUT2D eigenvalue weighted by Crippen LogP contribution is 2.48. The number of rotatable bonds is 6. The largest absolute Gasteiger partial charge is 0.368 e. The molecule has 0 amide bonds. The Morgan fingerprint density at radius 3 is 2.59 bits per heavy atom. The maximum Gasteiger partial charge on any atom is 0.152 e. The van der Waals surface area contributed by atoms with Crippen LogP contribution < -0.4 is 4.90 Å². The zero-order valence-electron chi connectivity index (χ0n) is 16.6. The Bertz CT molecular complexity index is 813. The lowest BCUT2D eigenvalue weighted by molar-refractivity contribution is -0.136. The fourth-order valence-electron chi connectivity index (χ4n) is 4.04. The smallest absolute Gasteiger partial charge is 0.152 e. The van der Waals surface area contributed by atoms with E-state index in [1.807, 2.05) is 17.8 Å². The lowest BCUT2D eigenvalue weighted by Crippen LogP contribution is -2.39. The molecule has 29 heavy (non-hydrogen) atoms. The summed E-state index contributed by atoms with van der Waals surface area (Å²) in [4.78, 5) is 7.48. The van der Waals surface area contributed by atoms with Gasteiger partial charge in [-0.15, -0.1) is 12.4 Å². The summed E-state index contributed by atoms with van der Waals surface area (Å²) in [7, 11) is 0. The van der Waals surface area contributed by atoms with E-state index in [1.54, 1.807) is 6.92 Å². The quantitative estimate of drug-likeness (QED) is 0.576. The third-order valence-electron chi connectivity index (χ3n) is 5.37. The molecule has 2 heterocycles. The normalized spacial score (nSPS) is 18.0. The topological polar surface area (TPSA) is 35.9 Å². The number of benzene rings is 2. The number of halogens is 2. The zero-order valence-corrected chi connectivity index (χ0v) is 19.0. The summed E-state index contributed by atoms with van der Waals surface area (Å²) in [6.07, 6.45) is 2.60. The Labute approximate surface area is 188 Å². The molecule has 1 saturated heterocycles. The second-order valence-corrected chi connectivity index (χ2v) is 8.98. The van der Waals surface area contributed by atoms with Gasteiger partial charge in [0.25, 0.3) is 0 Å². The van der Waals surface area contributed by atoms with Crippen molar-refractivity contribution < 1.29 is 9.84 Å². The molecule has 7 heteroatoms.